The van der Waals surface area contributed by atoms with E-state index < -0.39 is 15.8 Å². The highest BCUT2D eigenvalue weighted by atomic mass is 31.1. The lowest BCUT2D eigenvalue weighted by atomic mass is 10.2. The van der Waals surface area contributed by atoms with Crippen LogP contribution in [0.5, 0.6) is 0 Å². The summed E-state index contributed by atoms with van der Waals surface area (Å²) in [6.07, 6.45) is 5.89. The minimum absolute atomic E-state index is 0.420. The molecule has 4 aromatic rings. The zero-order chi connectivity index (χ0) is 25.9. The van der Waals surface area contributed by atoms with Crippen molar-refractivity contribution >= 4 is 37.1 Å². The normalized spacial score (nSPS) is 14.1. The largest absolute Gasteiger partial charge is 0.0798 e. The summed E-state index contributed by atoms with van der Waals surface area (Å²) < 4.78 is 0. The van der Waals surface area contributed by atoms with E-state index in [1.165, 1.54) is 43.5 Å². The van der Waals surface area contributed by atoms with Gasteiger partial charge in [-0.05, 0) is 82.1 Å². The molecule has 0 radical (unpaired) electrons. The molecule has 4 aromatic carbocycles. The molecule has 2 heteroatoms. The Hall–Kier alpha value is -2.78. The van der Waals surface area contributed by atoms with Crippen molar-refractivity contribution in [2.75, 3.05) is 0 Å². The second-order valence-electron chi connectivity index (χ2n) is 10.3. The lowest BCUT2D eigenvalue weighted by Gasteiger charge is -2.30. The number of hydrogen-bond acceptors (Lipinski definition) is 0. The maximum Gasteiger partial charge on any atom is 0.00970 e. The molecular formula is C35H36P2. The zero-order valence-corrected chi connectivity index (χ0v) is 24.4. The van der Waals surface area contributed by atoms with Crippen LogP contribution < -0.4 is 21.2 Å². The predicted molar refractivity (Wildman–Crippen MR) is 167 cm³/mol. The van der Waals surface area contributed by atoms with Crippen molar-refractivity contribution in [3.63, 3.8) is 0 Å². The fraction of sp³-hybridized carbons (Fsp3) is 0.200. The highest BCUT2D eigenvalue weighted by molar-refractivity contribution is 7.77. The van der Waals surface area contributed by atoms with Gasteiger partial charge in [0.1, 0.15) is 0 Å². The first-order valence-corrected chi connectivity index (χ1v) is 15.9. The Kier molecular flexibility index (Phi) is 7.90. The number of benzene rings is 4. The summed E-state index contributed by atoms with van der Waals surface area (Å²) in [4.78, 5) is 0. The lowest BCUT2D eigenvalue weighted by Crippen LogP contribution is -2.23. The van der Waals surface area contributed by atoms with Crippen molar-refractivity contribution in [2.45, 2.75) is 46.7 Å². The van der Waals surface area contributed by atoms with Gasteiger partial charge in [0.15, 0.2) is 0 Å². The van der Waals surface area contributed by atoms with E-state index in [2.05, 4.69) is 144 Å². The molecule has 0 saturated carbocycles. The molecule has 0 saturated heterocycles. The van der Waals surface area contributed by atoms with Crippen molar-refractivity contribution in [1.82, 2.24) is 0 Å². The van der Waals surface area contributed by atoms with Crippen LogP contribution in [0, 0.1) is 27.7 Å². The molecule has 1 atom stereocenters. The summed E-state index contributed by atoms with van der Waals surface area (Å²) >= 11 is 0. The first kappa shape index (κ1) is 25.9. The molecule has 0 bridgehead atoms. The summed E-state index contributed by atoms with van der Waals surface area (Å²) in [5.41, 5.74) is 7.38. The summed E-state index contributed by atoms with van der Waals surface area (Å²) in [5, 5.41) is 7.46. The molecule has 0 spiro atoms. The van der Waals surface area contributed by atoms with E-state index in [-0.39, 0.29) is 0 Å². The van der Waals surface area contributed by atoms with Crippen molar-refractivity contribution in [3.8, 4) is 0 Å². The molecule has 1 unspecified atom stereocenters. The molecule has 0 aromatic heterocycles. The minimum Gasteiger partial charge on any atom is -0.0798 e. The second kappa shape index (κ2) is 11.3. The van der Waals surface area contributed by atoms with E-state index >= 15 is 0 Å². The third kappa shape index (κ3) is 5.72. The van der Waals surface area contributed by atoms with Gasteiger partial charge in [0.05, 0.1) is 0 Å². The van der Waals surface area contributed by atoms with Crippen LogP contribution in [0.4, 0.5) is 0 Å². The average molecular weight is 519 g/mol. The van der Waals surface area contributed by atoms with Gasteiger partial charge in [-0.1, -0.05) is 138 Å². The average Bonchev–Trinajstić information content (AvgIpc) is 3.34. The maximum absolute atomic E-state index is 2.48. The molecule has 0 aliphatic heterocycles. The zero-order valence-electron chi connectivity index (χ0n) is 22.6. The van der Waals surface area contributed by atoms with E-state index in [1.807, 2.05) is 0 Å². The number of hydrogen-bond donors (Lipinski definition) is 0. The number of aryl methyl sites for hydroxylation is 4. The Bertz CT molecular complexity index is 1320. The Balaban J connectivity index is 1.69. The molecule has 186 valence electrons. The molecule has 0 fully saturated rings. The molecular weight excluding hydrogens is 482 g/mol. The van der Waals surface area contributed by atoms with Gasteiger partial charge < -0.3 is 0 Å². The van der Waals surface area contributed by atoms with Crippen molar-refractivity contribution in [3.05, 3.63) is 142 Å². The predicted octanol–water partition coefficient (Wildman–Crippen LogP) is 8.09. The molecule has 1 aliphatic rings. The van der Waals surface area contributed by atoms with Crippen LogP contribution in [-0.4, -0.2) is 5.66 Å². The van der Waals surface area contributed by atoms with Crippen molar-refractivity contribution in [1.29, 1.82) is 0 Å². The highest BCUT2D eigenvalue weighted by Crippen LogP contribution is 2.54. The molecule has 5 rings (SSSR count). The summed E-state index contributed by atoms with van der Waals surface area (Å²) in [6, 6.07) is 36.7. The quantitative estimate of drug-likeness (QED) is 0.217. The number of allylic oxidation sites excluding steroid dienone is 4. The van der Waals surface area contributed by atoms with Crippen LogP contribution in [-0.2, 0) is 0 Å². The van der Waals surface area contributed by atoms with E-state index in [9.17, 15) is 0 Å². The maximum atomic E-state index is 2.48. The van der Waals surface area contributed by atoms with Crippen LogP contribution >= 0.6 is 15.8 Å². The van der Waals surface area contributed by atoms with Crippen LogP contribution in [0.2, 0.25) is 0 Å². The number of rotatable bonds is 7. The summed E-state index contributed by atoms with van der Waals surface area (Å²) in [5.74, 6) is 0. The first-order chi connectivity index (χ1) is 17.9. The molecule has 0 heterocycles. The first-order valence-electron chi connectivity index (χ1n) is 13.2. The Morgan fingerprint density at radius 3 is 1.43 bits per heavy atom. The third-order valence-electron chi connectivity index (χ3n) is 7.05. The Labute approximate surface area is 225 Å². The summed E-state index contributed by atoms with van der Waals surface area (Å²) in [7, 11) is -1.16. The van der Waals surface area contributed by atoms with Gasteiger partial charge in [0, 0.05) is 5.66 Å². The molecule has 0 N–H and O–H groups in total. The van der Waals surface area contributed by atoms with Gasteiger partial charge in [-0.2, -0.15) is 0 Å². The Morgan fingerprint density at radius 1 is 0.568 bits per heavy atom. The lowest BCUT2D eigenvalue weighted by molar-refractivity contribution is 1.15. The standard InChI is InChI=1S/C35H36P2/c1-25-19-26(2)22-32(21-25)36(33-23-27(3)20-28(4)24-33)29(5)34-17-12-18-35(34)37(30-13-8-6-9-14-30)31-15-10-7-11-16-31/h6-17,19-24,29H,18H2,1-5H3. The molecule has 1 aliphatic carbocycles. The molecule has 0 amide bonds. The fourth-order valence-corrected chi connectivity index (χ4v) is 11.5. The van der Waals surface area contributed by atoms with Crippen LogP contribution in [0.3, 0.4) is 0 Å². The van der Waals surface area contributed by atoms with E-state index in [0.717, 1.165) is 6.42 Å². The molecule has 37 heavy (non-hydrogen) atoms. The SMILES string of the molecule is Cc1cc(C)cc(P(c2cc(C)cc(C)c2)C(C)C2=C(P(c3ccccc3)c3ccccc3)CC=C2)c1. The van der Waals surface area contributed by atoms with Gasteiger partial charge in [-0.3, -0.25) is 0 Å². The second-order valence-corrected chi connectivity index (χ2v) is 15.0. The van der Waals surface area contributed by atoms with E-state index in [0.29, 0.717) is 5.66 Å². The minimum atomic E-state index is -0.584. The van der Waals surface area contributed by atoms with E-state index in [4.69, 9.17) is 0 Å². The van der Waals surface area contributed by atoms with Crippen molar-refractivity contribution in [2.24, 2.45) is 0 Å². The van der Waals surface area contributed by atoms with Crippen LogP contribution in [0.25, 0.3) is 0 Å². The van der Waals surface area contributed by atoms with Gasteiger partial charge in [-0.25, -0.2) is 0 Å². The smallest absolute Gasteiger partial charge is 0.00970 e. The van der Waals surface area contributed by atoms with Crippen LogP contribution in [0.1, 0.15) is 35.6 Å². The van der Waals surface area contributed by atoms with Gasteiger partial charge in [0.2, 0.25) is 0 Å². The molecule has 0 nitrogen and oxygen atoms in total. The summed E-state index contributed by atoms with van der Waals surface area (Å²) in [6.45, 7) is 11.4. The topological polar surface area (TPSA) is 0 Å². The van der Waals surface area contributed by atoms with Gasteiger partial charge in [-0.15, -0.1) is 0 Å². The monoisotopic (exact) mass is 518 g/mol. The van der Waals surface area contributed by atoms with Crippen molar-refractivity contribution < 1.29 is 0 Å². The third-order valence-corrected chi connectivity index (χ3v) is 12.3. The Morgan fingerprint density at radius 2 is 1.00 bits per heavy atom. The van der Waals surface area contributed by atoms with Gasteiger partial charge >= 0.3 is 0 Å². The van der Waals surface area contributed by atoms with E-state index in [1.54, 1.807) is 10.9 Å². The van der Waals surface area contributed by atoms with Crippen LogP contribution in [0.15, 0.2) is 120 Å². The fourth-order valence-electron chi connectivity index (χ4n) is 5.64. The van der Waals surface area contributed by atoms with Gasteiger partial charge in [0.25, 0.3) is 0 Å². The highest BCUT2D eigenvalue weighted by Gasteiger charge is 2.30.